The molecule has 0 saturated carbocycles. The Kier molecular flexibility index (Phi) is 3.90. The number of rotatable bonds is 4. The van der Waals surface area contributed by atoms with E-state index in [0.717, 1.165) is 5.69 Å². The minimum atomic E-state index is -0.519. The van der Waals surface area contributed by atoms with Gasteiger partial charge in [0.25, 0.3) is 0 Å². The highest BCUT2D eigenvalue weighted by Gasteiger charge is 2.33. The summed E-state index contributed by atoms with van der Waals surface area (Å²) in [5.41, 5.74) is 2.16. The van der Waals surface area contributed by atoms with Crippen molar-refractivity contribution < 1.29 is 18.4 Å². The molecule has 1 aliphatic rings. The summed E-state index contributed by atoms with van der Waals surface area (Å²) in [6.07, 6.45) is 0.863. The monoisotopic (exact) mass is 357 g/mol. The first-order valence-electron chi connectivity index (χ1n) is 8.08. The molecule has 8 nitrogen and oxygen atoms in total. The van der Waals surface area contributed by atoms with Gasteiger partial charge in [-0.15, -0.1) is 5.10 Å². The maximum atomic E-state index is 14.5. The van der Waals surface area contributed by atoms with Gasteiger partial charge in [-0.25, -0.2) is 13.9 Å². The number of cyclic esters (lactones) is 1. The number of amides is 1. The molecule has 0 radical (unpaired) electrons. The van der Waals surface area contributed by atoms with Crippen molar-refractivity contribution in [3.63, 3.8) is 0 Å². The summed E-state index contributed by atoms with van der Waals surface area (Å²) in [6, 6.07) is 6.15. The van der Waals surface area contributed by atoms with E-state index in [-0.39, 0.29) is 11.7 Å². The maximum absolute atomic E-state index is 14.5. The van der Waals surface area contributed by atoms with Gasteiger partial charge in [0, 0.05) is 12.3 Å². The van der Waals surface area contributed by atoms with E-state index >= 15 is 0 Å². The summed E-state index contributed by atoms with van der Waals surface area (Å²) in [5.74, 6) is -0.156. The molecule has 2 aromatic heterocycles. The number of halogens is 1. The summed E-state index contributed by atoms with van der Waals surface area (Å²) in [5, 5.41) is 11.6. The van der Waals surface area contributed by atoms with Gasteiger partial charge < -0.3 is 9.26 Å². The third-order valence-corrected chi connectivity index (χ3v) is 4.08. The number of anilines is 1. The van der Waals surface area contributed by atoms with Crippen molar-refractivity contribution in [2.24, 2.45) is 0 Å². The fraction of sp³-hybridized carbons (Fsp3) is 0.294. The van der Waals surface area contributed by atoms with Crippen LogP contribution in [-0.2, 0) is 11.3 Å². The van der Waals surface area contributed by atoms with Crippen LogP contribution in [0.15, 0.2) is 35.0 Å². The number of carbonyl (C=O) groups is 1. The van der Waals surface area contributed by atoms with Crippen LogP contribution in [0.3, 0.4) is 0 Å². The van der Waals surface area contributed by atoms with Crippen LogP contribution in [-0.4, -0.2) is 38.9 Å². The molecule has 3 aromatic rings. The second-order valence-corrected chi connectivity index (χ2v) is 6.20. The van der Waals surface area contributed by atoms with Crippen molar-refractivity contribution in [1.82, 2.24) is 20.2 Å². The van der Waals surface area contributed by atoms with Crippen molar-refractivity contribution >= 4 is 11.8 Å². The number of carbonyl (C=O) groups excluding carboxylic acids is 1. The number of hydrogen-bond donors (Lipinski definition) is 0. The molecule has 26 heavy (non-hydrogen) atoms. The molecule has 1 aromatic carbocycles. The largest absolute Gasteiger partial charge is 0.442 e. The van der Waals surface area contributed by atoms with Crippen LogP contribution >= 0.6 is 0 Å². The van der Waals surface area contributed by atoms with Gasteiger partial charge in [-0.1, -0.05) is 10.4 Å². The average molecular weight is 357 g/mol. The highest BCUT2D eigenvalue weighted by Crippen LogP contribution is 2.29. The third-order valence-electron chi connectivity index (χ3n) is 4.08. The first kappa shape index (κ1) is 16.2. The standard InChI is InChI=1S/C17H16FN5O3/c1-10-5-16(26-20-10)14-4-3-12(6-15(14)18)23-9-13(25-17(23)24)8-22-7-11(2)19-21-22/h3-7,13H,8-9H2,1-2H3. The Labute approximate surface area is 148 Å². The number of aromatic nitrogens is 4. The Morgan fingerprint density at radius 2 is 2.12 bits per heavy atom. The molecule has 3 heterocycles. The van der Waals surface area contributed by atoms with Crippen LogP contribution in [0.4, 0.5) is 14.9 Å². The van der Waals surface area contributed by atoms with E-state index in [0.29, 0.717) is 30.2 Å². The number of aryl methyl sites for hydroxylation is 2. The fourth-order valence-corrected chi connectivity index (χ4v) is 2.88. The molecule has 0 aliphatic carbocycles. The molecule has 1 saturated heterocycles. The normalized spacial score (nSPS) is 17.0. The maximum Gasteiger partial charge on any atom is 0.414 e. The van der Waals surface area contributed by atoms with E-state index in [4.69, 9.17) is 9.26 Å². The smallest absolute Gasteiger partial charge is 0.414 e. The van der Waals surface area contributed by atoms with Crippen LogP contribution in [0.5, 0.6) is 0 Å². The van der Waals surface area contributed by atoms with Gasteiger partial charge in [0.2, 0.25) is 0 Å². The molecule has 1 aliphatic heterocycles. The van der Waals surface area contributed by atoms with Crippen molar-refractivity contribution in [1.29, 1.82) is 0 Å². The SMILES string of the molecule is Cc1cn(CC2CN(c3ccc(-c4cc(C)no4)c(F)c3)C(=O)O2)nn1. The summed E-state index contributed by atoms with van der Waals surface area (Å²) in [6.45, 7) is 4.28. The zero-order chi connectivity index (χ0) is 18.3. The lowest BCUT2D eigenvalue weighted by Crippen LogP contribution is -2.26. The first-order valence-corrected chi connectivity index (χ1v) is 8.08. The summed E-state index contributed by atoms with van der Waals surface area (Å²) in [7, 11) is 0. The predicted molar refractivity (Wildman–Crippen MR) is 89.0 cm³/mol. The zero-order valence-corrected chi connectivity index (χ0v) is 14.2. The van der Waals surface area contributed by atoms with Crippen molar-refractivity contribution in [2.45, 2.75) is 26.5 Å². The van der Waals surface area contributed by atoms with Crippen LogP contribution < -0.4 is 4.90 Å². The number of nitrogens with zero attached hydrogens (tertiary/aromatic N) is 5. The summed E-state index contributed by atoms with van der Waals surface area (Å²) < 4.78 is 26.5. The Morgan fingerprint density at radius 1 is 1.27 bits per heavy atom. The van der Waals surface area contributed by atoms with Crippen LogP contribution in [0.25, 0.3) is 11.3 Å². The second-order valence-electron chi connectivity index (χ2n) is 6.20. The quantitative estimate of drug-likeness (QED) is 0.714. The van der Waals surface area contributed by atoms with Crippen LogP contribution in [0.2, 0.25) is 0 Å². The zero-order valence-electron chi connectivity index (χ0n) is 14.2. The molecule has 1 fully saturated rings. The van der Waals surface area contributed by atoms with Crippen LogP contribution in [0, 0.1) is 19.7 Å². The molecular formula is C17H16FN5O3. The van der Waals surface area contributed by atoms with Crippen molar-refractivity contribution in [2.75, 3.05) is 11.4 Å². The number of benzene rings is 1. The predicted octanol–water partition coefficient (Wildman–Crippen LogP) is 2.71. The molecule has 0 N–H and O–H groups in total. The highest BCUT2D eigenvalue weighted by atomic mass is 19.1. The molecule has 9 heteroatoms. The average Bonchev–Trinajstić information content (AvgIpc) is 3.29. The highest BCUT2D eigenvalue weighted by molar-refractivity contribution is 5.90. The summed E-state index contributed by atoms with van der Waals surface area (Å²) >= 11 is 0. The van der Waals surface area contributed by atoms with Gasteiger partial charge in [0.05, 0.1) is 35.7 Å². The molecule has 1 unspecified atom stereocenters. The molecule has 4 rings (SSSR count). The fourth-order valence-electron chi connectivity index (χ4n) is 2.88. The Balaban J connectivity index is 1.52. The Hall–Kier alpha value is -3.23. The molecule has 134 valence electrons. The van der Waals surface area contributed by atoms with Crippen molar-refractivity contribution in [3.05, 3.63) is 47.7 Å². The van der Waals surface area contributed by atoms with Gasteiger partial charge in [-0.05, 0) is 32.0 Å². The van der Waals surface area contributed by atoms with Gasteiger partial charge in [0.1, 0.15) is 11.9 Å². The first-order chi connectivity index (χ1) is 12.5. The van der Waals surface area contributed by atoms with Crippen LogP contribution in [0.1, 0.15) is 11.4 Å². The van der Waals surface area contributed by atoms with Crippen molar-refractivity contribution in [3.8, 4) is 11.3 Å². The Morgan fingerprint density at radius 3 is 2.77 bits per heavy atom. The molecule has 0 bridgehead atoms. The second kappa shape index (κ2) is 6.25. The van der Waals surface area contributed by atoms with E-state index < -0.39 is 11.9 Å². The van der Waals surface area contributed by atoms with Gasteiger partial charge >= 0.3 is 6.09 Å². The molecule has 0 spiro atoms. The van der Waals surface area contributed by atoms with E-state index in [2.05, 4.69) is 15.5 Å². The minimum absolute atomic E-state index is 0.288. The van der Waals surface area contributed by atoms with E-state index in [1.807, 2.05) is 6.92 Å². The van der Waals surface area contributed by atoms with Gasteiger partial charge in [-0.2, -0.15) is 0 Å². The Bertz CT molecular complexity index is 967. The van der Waals surface area contributed by atoms with Gasteiger partial charge in [-0.3, -0.25) is 4.90 Å². The number of hydrogen-bond acceptors (Lipinski definition) is 6. The topological polar surface area (TPSA) is 86.3 Å². The van der Waals surface area contributed by atoms with E-state index in [9.17, 15) is 9.18 Å². The van der Waals surface area contributed by atoms with Gasteiger partial charge in [0.15, 0.2) is 5.76 Å². The lowest BCUT2D eigenvalue weighted by molar-refractivity contribution is 0.129. The third kappa shape index (κ3) is 3.03. The minimum Gasteiger partial charge on any atom is -0.442 e. The van der Waals surface area contributed by atoms with E-state index in [1.165, 1.54) is 11.0 Å². The molecular weight excluding hydrogens is 341 g/mol. The lowest BCUT2D eigenvalue weighted by Gasteiger charge is -2.13. The van der Waals surface area contributed by atoms with E-state index in [1.54, 1.807) is 36.0 Å². The molecule has 1 amide bonds. The number of ether oxygens (including phenoxy) is 1. The molecule has 1 atom stereocenters. The lowest BCUT2D eigenvalue weighted by atomic mass is 10.1. The summed E-state index contributed by atoms with van der Waals surface area (Å²) in [4.78, 5) is 13.6.